The summed E-state index contributed by atoms with van der Waals surface area (Å²) in [5, 5.41) is 51.5. The van der Waals surface area contributed by atoms with Gasteiger partial charge in [-0.1, -0.05) is 0 Å². The number of carboxylic acid groups (broad SMARTS) is 1. The molecule has 3 rings (SSSR count). The Morgan fingerprint density at radius 1 is 1.31 bits per heavy atom. The first kappa shape index (κ1) is 26.5. The number of H-pyrrole nitrogens is 1. The van der Waals surface area contributed by atoms with Crippen molar-refractivity contribution >= 4 is 29.0 Å². The van der Waals surface area contributed by atoms with Crippen LogP contribution < -0.4 is 16.6 Å². The standard InChI is InChI=1S/C19H28N6O10/c1-7-12(28)13(29)14(30)18(35-7)34-4-2-3-9(27)22-10(17(32)33)8(26)5-25-6-21-11-15(25)23-19(20)24-16(11)31/h6-8,10,12-14,18,26,28-30H,2-5H2,1H3,(H,22,27)(H,32,33)(H3,20,23,24,31)/t7-,8-,10-,12+,13+,14-,18+/m0/s1. The minimum Gasteiger partial charge on any atom is -0.480 e. The summed E-state index contributed by atoms with van der Waals surface area (Å²) in [6.07, 6.45) is -6.70. The molecule has 0 unspecified atom stereocenters. The van der Waals surface area contributed by atoms with Crippen molar-refractivity contribution in [2.75, 3.05) is 12.3 Å². The van der Waals surface area contributed by atoms with Crippen LogP contribution in [-0.4, -0.2) is 106 Å². The predicted molar refractivity (Wildman–Crippen MR) is 116 cm³/mol. The van der Waals surface area contributed by atoms with Gasteiger partial charge in [0, 0.05) is 6.42 Å². The molecule has 16 nitrogen and oxygen atoms in total. The number of nitrogens with one attached hydrogen (secondary N) is 2. The van der Waals surface area contributed by atoms with Crippen LogP contribution in [0.4, 0.5) is 5.95 Å². The van der Waals surface area contributed by atoms with Crippen LogP contribution in [0.25, 0.3) is 11.2 Å². The summed E-state index contributed by atoms with van der Waals surface area (Å²) in [5.41, 5.74) is 4.90. The third-order valence-corrected chi connectivity index (χ3v) is 5.48. The number of hydrogen-bond donors (Lipinski definition) is 8. The second-order valence-corrected chi connectivity index (χ2v) is 8.13. The van der Waals surface area contributed by atoms with Crippen LogP contribution in [0.15, 0.2) is 11.1 Å². The van der Waals surface area contributed by atoms with Gasteiger partial charge in [-0.05, 0) is 13.3 Å². The number of aliphatic carboxylic acids is 1. The lowest BCUT2D eigenvalue weighted by Crippen LogP contribution is -2.57. The van der Waals surface area contributed by atoms with E-state index in [1.165, 1.54) is 17.8 Å². The lowest BCUT2D eigenvalue weighted by atomic mass is 10.0. The fraction of sp³-hybridized carbons (Fsp3) is 0.632. The third-order valence-electron chi connectivity index (χ3n) is 5.48. The highest BCUT2D eigenvalue weighted by molar-refractivity contribution is 5.84. The van der Waals surface area contributed by atoms with Crippen molar-refractivity contribution < 1.29 is 44.6 Å². The maximum Gasteiger partial charge on any atom is 0.329 e. The maximum absolute atomic E-state index is 12.2. The quantitative estimate of drug-likeness (QED) is 0.146. The molecule has 1 fully saturated rings. The molecule has 1 saturated heterocycles. The van der Waals surface area contributed by atoms with E-state index >= 15 is 0 Å². The first-order chi connectivity index (χ1) is 16.5. The molecular weight excluding hydrogens is 472 g/mol. The number of carboxylic acids is 1. The van der Waals surface area contributed by atoms with Crippen LogP contribution in [0.5, 0.6) is 0 Å². The SMILES string of the molecule is C[C@@H]1O[C@@H](OCCCC(=O)N[C@H](C(=O)O)[C@@H](O)Cn2cnc3c(=O)[nH]c(N)nc32)[C@@H](O)[C@H](O)[C@@H]1O. The Bertz CT molecular complexity index is 1110. The highest BCUT2D eigenvalue weighted by Gasteiger charge is 2.42. The number of amides is 1. The van der Waals surface area contributed by atoms with Gasteiger partial charge in [0.2, 0.25) is 11.9 Å². The van der Waals surface area contributed by atoms with Gasteiger partial charge in [0.25, 0.3) is 5.56 Å². The molecule has 0 saturated carbocycles. The number of carbonyl (C=O) groups is 2. The largest absolute Gasteiger partial charge is 0.480 e. The van der Waals surface area contributed by atoms with Gasteiger partial charge in [-0.3, -0.25) is 14.6 Å². The van der Waals surface area contributed by atoms with Crippen LogP contribution in [0.3, 0.4) is 0 Å². The van der Waals surface area contributed by atoms with Gasteiger partial charge < -0.3 is 50.6 Å². The molecule has 0 aromatic carbocycles. The maximum atomic E-state index is 12.2. The van der Waals surface area contributed by atoms with Gasteiger partial charge in [-0.2, -0.15) is 4.98 Å². The van der Waals surface area contributed by atoms with Gasteiger partial charge in [0.15, 0.2) is 23.5 Å². The number of fused-ring (bicyclic) bond motifs is 1. The molecule has 0 bridgehead atoms. The summed E-state index contributed by atoms with van der Waals surface area (Å²) in [7, 11) is 0. The number of hydrogen-bond acceptors (Lipinski definition) is 12. The Labute approximate surface area is 197 Å². The van der Waals surface area contributed by atoms with E-state index in [0.29, 0.717) is 0 Å². The fourth-order valence-electron chi connectivity index (χ4n) is 3.56. The number of nitrogens with zero attached hydrogens (tertiary/aromatic N) is 3. The number of rotatable bonds is 10. The molecule has 194 valence electrons. The summed E-state index contributed by atoms with van der Waals surface area (Å²) in [5.74, 6) is -2.37. The first-order valence-electron chi connectivity index (χ1n) is 10.7. The Kier molecular flexibility index (Phi) is 8.36. The smallest absolute Gasteiger partial charge is 0.329 e. The van der Waals surface area contributed by atoms with Crippen molar-refractivity contribution in [1.29, 1.82) is 0 Å². The number of carbonyl (C=O) groups excluding carboxylic acids is 1. The molecule has 35 heavy (non-hydrogen) atoms. The van der Waals surface area contributed by atoms with Crippen molar-refractivity contribution in [2.45, 2.75) is 69.2 Å². The van der Waals surface area contributed by atoms with Gasteiger partial charge in [0.05, 0.1) is 25.6 Å². The van der Waals surface area contributed by atoms with Crippen LogP contribution in [0.1, 0.15) is 19.8 Å². The molecular formula is C19H28N6O10. The molecule has 1 aliphatic heterocycles. The van der Waals surface area contributed by atoms with E-state index in [0.717, 1.165) is 0 Å². The van der Waals surface area contributed by atoms with Crippen molar-refractivity contribution in [3.05, 3.63) is 16.7 Å². The zero-order valence-corrected chi connectivity index (χ0v) is 18.6. The van der Waals surface area contributed by atoms with Gasteiger partial charge in [-0.25, -0.2) is 9.78 Å². The van der Waals surface area contributed by atoms with E-state index in [4.69, 9.17) is 15.2 Å². The van der Waals surface area contributed by atoms with Gasteiger partial charge in [0.1, 0.15) is 24.4 Å². The zero-order chi connectivity index (χ0) is 25.9. The van der Waals surface area contributed by atoms with E-state index in [-0.39, 0.29) is 43.1 Å². The molecule has 3 heterocycles. The summed E-state index contributed by atoms with van der Waals surface area (Å²) in [6, 6.07) is -1.68. The lowest BCUT2D eigenvalue weighted by molar-refractivity contribution is -0.293. The van der Waals surface area contributed by atoms with Crippen LogP contribution in [0, 0.1) is 0 Å². The Morgan fingerprint density at radius 3 is 2.71 bits per heavy atom. The fourth-order valence-corrected chi connectivity index (χ4v) is 3.56. The van der Waals surface area contributed by atoms with Gasteiger partial charge in [-0.15, -0.1) is 0 Å². The molecule has 2 aromatic rings. The Hall–Kier alpha value is -3.15. The Morgan fingerprint density at radius 2 is 2.03 bits per heavy atom. The number of ether oxygens (including phenoxy) is 2. The van der Waals surface area contributed by atoms with Crippen LogP contribution >= 0.6 is 0 Å². The minimum atomic E-state index is -1.68. The second-order valence-electron chi connectivity index (χ2n) is 8.13. The number of imidazole rings is 1. The zero-order valence-electron chi connectivity index (χ0n) is 18.6. The van der Waals surface area contributed by atoms with Crippen LogP contribution in [-0.2, 0) is 25.6 Å². The van der Waals surface area contributed by atoms with Crippen LogP contribution in [0.2, 0.25) is 0 Å². The highest BCUT2D eigenvalue weighted by atomic mass is 16.7. The van der Waals surface area contributed by atoms with Crippen molar-refractivity contribution in [3.8, 4) is 0 Å². The number of nitrogen functional groups attached to an aromatic ring is 1. The highest BCUT2D eigenvalue weighted by Crippen LogP contribution is 2.22. The molecule has 0 radical (unpaired) electrons. The summed E-state index contributed by atoms with van der Waals surface area (Å²) in [4.78, 5) is 45.8. The van der Waals surface area contributed by atoms with Crippen molar-refractivity contribution in [1.82, 2.24) is 24.8 Å². The molecule has 1 aliphatic rings. The number of nitrogens with two attached hydrogens (primary N) is 1. The third kappa shape index (κ3) is 6.11. The van der Waals surface area contributed by atoms with Crippen molar-refractivity contribution in [3.63, 3.8) is 0 Å². The van der Waals surface area contributed by atoms with E-state index < -0.39 is 60.3 Å². The number of aliphatic hydroxyl groups is 4. The summed E-state index contributed by atoms with van der Waals surface area (Å²) < 4.78 is 11.8. The number of anilines is 1. The number of aromatic amines is 1. The predicted octanol–water partition coefficient (Wildman–Crippen LogP) is -3.74. The number of aromatic nitrogens is 4. The molecule has 0 aliphatic carbocycles. The minimum absolute atomic E-state index is 0.0389. The molecule has 0 spiro atoms. The molecule has 7 atom stereocenters. The average Bonchev–Trinajstić information content (AvgIpc) is 3.19. The van der Waals surface area contributed by atoms with E-state index in [2.05, 4.69) is 20.3 Å². The normalized spacial score (nSPS) is 26.4. The molecule has 2 aromatic heterocycles. The first-order valence-corrected chi connectivity index (χ1v) is 10.7. The lowest BCUT2D eigenvalue weighted by Gasteiger charge is -2.38. The monoisotopic (exact) mass is 500 g/mol. The molecule has 16 heteroatoms. The van der Waals surface area contributed by atoms with Crippen molar-refractivity contribution in [2.24, 2.45) is 0 Å². The summed E-state index contributed by atoms with van der Waals surface area (Å²) in [6.45, 7) is 1.07. The van der Waals surface area contributed by atoms with Gasteiger partial charge >= 0.3 is 5.97 Å². The molecule has 1 amide bonds. The number of aliphatic hydroxyl groups excluding tert-OH is 4. The van der Waals surface area contributed by atoms with E-state index in [9.17, 15) is 39.9 Å². The van der Waals surface area contributed by atoms with E-state index in [1.54, 1.807) is 0 Å². The second kappa shape index (κ2) is 11.1. The molecule has 9 N–H and O–H groups in total. The topological polar surface area (TPSA) is 255 Å². The summed E-state index contributed by atoms with van der Waals surface area (Å²) >= 11 is 0. The van der Waals surface area contributed by atoms with E-state index in [1.807, 2.05) is 0 Å². The Balaban J connectivity index is 1.51. The average molecular weight is 500 g/mol.